The third-order valence-electron chi connectivity index (χ3n) is 8.25. The third-order valence-corrected chi connectivity index (χ3v) is 8.25. The van der Waals surface area contributed by atoms with Gasteiger partial charge in [-0.15, -0.1) is 0 Å². The molecule has 0 aromatic carbocycles. The Morgan fingerprint density at radius 3 is 2.14 bits per heavy atom. The van der Waals surface area contributed by atoms with Crippen LogP contribution in [0.1, 0.15) is 61.8 Å². The highest BCUT2D eigenvalue weighted by molar-refractivity contribution is 5.88. The van der Waals surface area contributed by atoms with E-state index in [1.165, 1.54) is 34.0 Å². The van der Waals surface area contributed by atoms with Gasteiger partial charge < -0.3 is 29.9 Å². The molecule has 0 amide bonds. The minimum Gasteiger partial charge on any atom is -0.455 e. The van der Waals surface area contributed by atoms with Crippen molar-refractivity contribution in [3.8, 4) is 0 Å². The van der Waals surface area contributed by atoms with Crippen molar-refractivity contribution in [3.63, 3.8) is 0 Å². The topological polar surface area (TPSA) is 168 Å². The Bertz CT molecular complexity index is 1040. The summed E-state index contributed by atoms with van der Waals surface area (Å²) in [5.74, 6) is -7.98. The molecule has 1 rings (SSSR count). The quantitative estimate of drug-likeness (QED) is 0.274. The number of cyclic esters (lactones) is 1. The fraction of sp³-hybridized carbons (Fsp3) is 0.688. The van der Waals surface area contributed by atoms with E-state index in [1.807, 2.05) is 26.0 Å². The molecular weight excluding hydrogens is 544 g/mol. The smallest absolute Gasteiger partial charge is 0.338 e. The van der Waals surface area contributed by atoms with Crippen LogP contribution in [0.3, 0.4) is 0 Å². The van der Waals surface area contributed by atoms with Gasteiger partial charge in [-0.05, 0) is 37.8 Å². The van der Waals surface area contributed by atoms with E-state index in [4.69, 9.17) is 9.47 Å². The molecule has 1 aliphatic rings. The highest BCUT2D eigenvalue weighted by Crippen LogP contribution is 2.28. The molecule has 0 saturated heterocycles. The summed E-state index contributed by atoms with van der Waals surface area (Å²) in [6.45, 7) is 12.2. The highest BCUT2D eigenvalue weighted by atomic mass is 16.6. The Hall–Kier alpha value is -2.50. The van der Waals surface area contributed by atoms with Gasteiger partial charge in [0, 0.05) is 37.2 Å². The molecule has 238 valence electrons. The molecule has 0 aromatic rings. The van der Waals surface area contributed by atoms with E-state index in [9.17, 15) is 39.6 Å². The van der Waals surface area contributed by atoms with Gasteiger partial charge in [0.05, 0.1) is 24.7 Å². The number of carbonyl (C=O) groups excluding carboxylic acids is 4. The molecule has 42 heavy (non-hydrogen) atoms. The zero-order valence-electron chi connectivity index (χ0n) is 26.3. The van der Waals surface area contributed by atoms with Gasteiger partial charge in [-0.25, -0.2) is 4.79 Å². The first-order chi connectivity index (χ1) is 19.5. The second-order valence-corrected chi connectivity index (χ2v) is 11.6. The molecule has 10 heteroatoms. The van der Waals surface area contributed by atoms with Gasteiger partial charge in [-0.1, -0.05) is 58.9 Å². The molecule has 0 fully saturated rings. The molecule has 0 aromatic heterocycles. The van der Waals surface area contributed by atoms with Gasteiger partial charge in [-0.3, -0.25) is 14.4 Å². The number of aliphatic hydroxyl groups is 4. The van der Waals surface area contributed by atoms with Crippen LogP contribution in [0.4, 0.5) is 0 Å². The number of hydrogen-bond acceptors (Lipinski definition) is 10. The molecular formula is C32H50O10. The summed E-state index contributed by atoms with van der Waals surface area (Å²) in [7, 11) is 1.22. The molecule has 1 heterocycles. The van der Waals surface area contributed by atoms with Crippen molar-refractivity contribution in [2.75, 3.05) is 13.7 Å². The third kappa shape index (κ3) is 9.50. The minimum atomic E-state index is -1.94. The molecule has 0 spiro atoms. The normalized spacial score (nSPS) is 37.5. The zero-order valence-corrected chi connectivity index (χ0v) is 26.3. The van der Waals surface area contributed by atoms with Crippen molar-refractivity contribution in [2.45, 2.75) is 92.3 Å². The lowest BCUT2D eigenvalue weighted by molar-refractivity contribution is -0.172. The van der Waals surface area contributed by atoms with Crippen molar-refractivity contribution in [1.29, 1.82) is 0 Å². The van der Waals surface area contributed by atoms with E-state index in [2.05, 4.69) is 0 Å². The zero-order chi connectivity index (χ0) is 32.5. The van der Waals surface area contributed by atoms with E-state index < -0.39 is 84.3 Å². The lowest BCUT2D eigenvalue weighted by Gasteiger charge is -2.32. The van der Waals surface area contributed by atoms with Gasteiger partial charge in [-0.2, -0.15) is 0 Å². The molecule has 0 bridgehead atoms. The molecule has 1 aliphatic heterocycles. The first-order valence-corrected chi connectivity index (χ1v) is 14.5. The first-order valence-electron chi connectivity index (χ1n) is 14.5. The summed E-state index contributed by atoms with van der Waals surface area (Å²) < 4.78 is 11.0. The Balaban J connectivity index is 3.74. The molecule has 11 atom stereocenters. The van der Waals surface area contributed by atoms with Crippen molar-refractivity contribution >= 4 is 23.3 Å². The molecule has 0 saturated carbocycles. The Morgan fingerprint density at radius 2 is 1.62 bits per heavy atom. The van der Waals surface area contributed by atoms with Crippen LogP contribution in [0, 0.1) is 35.5 Å². The number of ether oxygens (including phenoxy) is 2. The average molecular weight is 595 g/mol. The number of aliphatic hydroxyl groups excluding tert-OH is 4. The first kappa shape index (κ1) is 37.5. The maximum atomic E-state index is 13.6. The van der Waals surface area contributed by atoms with Gasteiger partial charge in [0.15, 0.2) is 6.10 Å². The van der Waals surface area contributed by atoms with Crippen LogP contribution in [-0.4, -0.2) is 88.0 Å². The average Bonchev–Trinajstić information content (AvgIpc) is 2.94. The maximum absolute atomic E-state index is 13.6. The Kier molecular flexibility index (Phi) is 15.2. The summed E-state index contributed by atoms with van der Waals surface area (Å²) in [5, 5.41) is 43.0. The highest BCUT2D eigenvalue weighted by Gasteiger charge is 2.42. The second kappa shape index (κ2) is 17.0. The lowest BCUT2D eigenvalue weighted by Crippen LogP contribution is -2.48. The van der Waals surface area contributed by atoms with Crippen LogP contribution in [-0.2, 0) is 28.7 Å². The van der Waals surface area contributed by atoms with Crippen LogP contribution in [0.5, 0.6) is 0 Å². The summed E-state index contributed by atoms with van der Waals surface area (Å²) in [6, 6.07) is 0. The number of Topliss-reactive ketones (excluding diaryl/α,β-unsaturated/α-hetero) is 3. The van der Waals surface area contributed by atoms with E-state index in [1.54, 1.807) is 26.8 Å². The van der Waals surface area contributed by atoms with Crippen LogP contribution < -0.4 is 0 Å². The molecule has 0 aliphatic carbocycles. The number of esters is 1. The van der Waals surface area contributed by atoms with Crippen LogP contribution in [0.15, 0.2) is 35.5 Å². The standard InChI is InChI=1S/C32H50O10/c1-10-11-16(2)12-19(5)30-23(15-33)28(38)20(6)25(35)14-24(34)17(3)13-18(4)26(36)21(7)27(37)22(8)31(41-9)29(39)32(40)42-30/h10-13,16-17,20-23,25-26,29-31,33,35-36,39H,14-15H2,1-9H3/b11-10-,18-13+,19-12+/t16-,17-,20+,21+,22+,23?,25-,26-,29+,30+,31?/m0/s1. The number of carbonyl (C=O) groups is 4. The predicted molar refractivity (Wildman–Crippen MR) is 157 cm³/mol. The predicted octanol–water partition coefficient (Wildman–Crippen LogP) is 2.36. The minimum absolute atomic E-state index is 0.128. The second-order valence-electron chi connectivity index (χ2n) is 11.6. The van der Waals surface area contributed by atoms with Crippen molar-refractivity contribution < 1.29 is 49.1 Å². The van der Waals surface area contributed by atoms with Gasteiger partial charge in [0.2, 0.25) is 0 Å². The monoisotopic (exact) mass is 594 g/mol. The van der Waals surface area contributed by atoms with Crippen LogP contribution in [0.2, 0.25) is 0 Å². The lowest BCUT2D eigenvalue weighted by atomic mass is 9.81. The van der Waals surface area contributed by atoms with Gasteiger partial charge >= 0.3 is 5.97 Å². The van der Waals surface area contributed by atoms with Gasteiger partial charge in [0.25, 0.3) is 0 Å². The van der Waals surface area contributed by atoms with Crippen molar-refractivity contribution in [3.05, 3.63) is 35.5 Å². The number of hydrogen-bond donors (Lipinski definition) is 4. The van der Waals surface area contributed by atoms with E-state index in [-0.39, 0.29) is 18.1 Å². The van der Waals surface area contributed by atoms with Crippen molar-refractivity contribution in [1.82, 2.24) is 0 Å². The SMILES string of the molecule is C/C=C\[C@H](C)/C=C(\C)[C@H]1OC(=O)[C@H](O)C(OC)[C@H](C)C(=O)[C@H](C)[C@@H](O)/C(C)=C/[C@H](C)C(=O)C[C@H](O)[C@@H](C)C(=O)C1CO. The fourth-order valence-corrected chi connectivity index (χ4v) is 5.44. The summed E-state index contributed by atoms with van der Waals surface area (Å²) in [5.41, 5.74) is 0.778. The molecule has 10 nitrogen and oxygen atoms in total. The molecule has 4 N–H and O–H groups in total. The van der Waals surface area contributed by atoms with E-state index in [0.717, 1.165) is 0 Å². The van der Waals surface area contributed by atoms with Gasteiger partial charge in [0.1, 0.15) is 29.6 Å². The van der Waals surface area contributed by atoms with Crippen molar-refractivity contribution in [2.24, 2.45) is 35.5 Å². The van der Waals surface area contributed by atoms with E-state index >= 15 is 0 Å². The summed E-state index contributed by atoms with van der Waals surface area (Å²) in [4.78, 5) is 53.1. The molecule has 0 radical (unpaired) electrons. The maximum Gasteiger partial charge on any atom is 0.338 e. The fourth-order valence-electron chi connectivity index (χ4n) is 5.44. The Morgan fingerprint density at radius 1 is 1.02 bits per heavy atom. The number of ketones is 3. The molecule has 2 unspecified atom stereocenters. The van der Waals surface area contributed by atoms with Crippen LogP contribution in [0.25, 0.3) is 0 Å². The number of rotatable bonds is 5. The summed E-state index contributed by atoms with van der Waals surface area (Å²) >= 11 is 0. The summed E-state index contributed by atoms with van der Waals surface area (Å²) in [6.07, 6.45) is -0.683. The van der Waals surface area contributed by atoms with E-state index in [0.29, 0.717) is 11.1 Å². The van der Waals surface area contributed by atoms with Crippen LogP contribution >= 0.6 is 0 Å². The number of allylic oxidation sites excluding steroid dienone is 4. The largest absolute Gasteiger partial charge is 0.455 e. The number of methoxy groups -OCH3 is 1. The Labute approximate surface area is 249 Å².